The maximum Gasteiger partial charge on any atom is 0.259 e. The van der Waals surface area contributed by atoms with Crippen LogP contribution in [0.25, 0.3) is 0 Å². The van der Waals surface area contributed by atoms with Crippen molar-refractivity contribution in [1.29, 1.82) is 5.26 Å². The van der Waals surface area contributed by atoms with Crippen molar-refractivity contribution in [3.8, 4) is 6.07 Å². The molecule has 1 aliphatic rings. The Morgan fingerprint density at radius 3 is 3.04 bits per heavy atom. The molecule has 0 fully saturated rings. The zero-order chi connectivity index (χ0) is 19.0. The number of aryl methyl sites for hydroxylation is 1. The highest BCUT2D eigenvalue weighted by Gasteiger charge is 2.26. The molecule has 0 saturated heterocycles. The minimum absolute atomic E-state index is 0.250. The van der Waals surface area contributed by atoms with Gasteiger partial charge >= 0.3 is 0 Å². The van der Waals surface area contributed by atoms with Crippen LogP contribution in [0.4, 0.5) is 5.00 Å². The molecular formula is C18H16ClN5OS2. The van der Waals surface area contributed by atoms with E-state index >= 15 is 0 Å². The van der Waals surface area contributed by atoms with E-state index in [1.54, 1.807) is 17.9 Å². The maximum atomic E-state index is 12.4. The van der Waals surface area contributed by atoms with Gasteiger partial charge in [0.05, 0.1) is 21.7 Å². The molecule has 3 aromatic rings. The molecule has 4 heterocycles. The van der Waals surface area contributed by atoms with Gasteiger partial charge in [0.1, 0.15) is 11.1 Å². The van der Waals surface area contributed by atoms with Gasteiger partial charge in [0.15, 0.2) is 0 Å². The van der Waals surface area contributed by atoms with Crippen molar-refractivity contribution in [2.24, 2.45) is 7.05 Å². The van der Waals surface area contributed by atoms with Crippen LogP contribution in [0.5, 0.6) is 0 Å². The first-order valence-electron chi connectivity index (χ1n) is 8.34. The number of aromatic nitrogens is 2. The molecule has 1 N–H and O–H groups in total. The van der Waals surface area contributed by atoms with Crippen molar-refractivity contribution in [3.63, 3.8) is 0 Å². The molecule has 1 amide bonds. The third kappa shape index (κ3) is 3.64. The minimum atomic E-state index is -0.250. The Balaban J connectivity index is 1.54. The van der Waals surface area contributed by atoms with Gasteiger partial charge in [-0.05, 0) is 29.0 Å². The predicted octanol–water partition coefficient (Wildman–Crippen LogP) is 3.88. The first kappa shape index (κ1) is 18.2. The van der Waals surface area contributed by atoms with Crippen LogP contribution in [0.1, 0.15) is 31.9 Å². The Kier molecular flexibility index (Phi) is 5.02. The highest BCUT2D eigenvalue weighted by molar-refractivity contribution is 7.16. The second-order valence-corrected chi connectivity index (χ2v) is 8.98. The fraction of sp³-hybridized carbons (Fsp3) is 0.278. The van der Waals surface area contributed by atoms with Gasteiger partial charge in [-0.2, -0.15) is 10.4 Å². The molecule has 0 aliphatic carbocycles. The van der Waals surface area contributed by atoms with E-state index in [9.17, 15) is 10.1 Å². The Morgan fingerprint density at radius 1 is 1.52 bits per heavy atom. The number of nitrogens with zero attached hydrogens (tertiary/aromatic N) is 4. The molecule has 27 heavy (non-hydrogen) atoms. The lowest BCUT2D eigenvalue weighted by Gasteiger charge is -2.26. The van der Waals surface area contributed by atoms with E-state index in [0.29, 0.717) is 16.1 Å². The Morgan fingerprint density at radius 2 is 2.37 bits per heavy atom. The van der Waals surface area contributed by atoms with E-state index in [0.717, 1.165) is 46.4 Å². The zero-order valence-corrected chi connectivity index (χ0v) is 16.9. The number of fused-ring (bicyclic) bond motifs is 1. The van der Waals surface area contributed by atoms with Crippen LogP contribution in [-0.2, 0) is 26.6 Å². The lowest BCUT2D eigenvalue weighted by atomic mass is 10.0. The average Bonchev–Trinajstić information content (AvgIpc) is 3.34. The molecule has 0 atom stereocenters. The third-order valence-electron chi connectivity index (χ3n) is 4.53. The second kappa shape index (κ2) is 7.44. The molecule has 138 valence electrons. The predicted molar refractivity (Wildman–Crippen MR) is 107 cm³/mol. The summed E-state index contributed by atoms with van der Waals surface area (Å²) in [6.45, 7) is 2.41. The number of carbonyl (C=O) groups is 1. The lowest BCUT2D eigenvalue weighted by molar-refractivity contribution is 0.102. The summed E-state index contributed by atoms with van der Waals surface area (Å²) in [5, 5.41) is 19.1. The topological polar surface area (TPSA) is 74.0 Å². The highest BCUT2D eigenvalue weighted by atomic mass is 35.5. The van der Waals surface area contributed by atoms with Gasteiger partial charge in [-0.15, -0.1) is 22.7 Å². The van der Waals surface area contributed by atoms with Crippen molar-refractivity contribution < 1.29 is 4.79 Å². The van der Waals surface area contributed by atoms with Crippen molar-refractivity contribution in [1.82, 2.24) is 14.7 Å². The van der Waals surface area contributed by atoms with Crippen LogP contribution < -0.4 is 5.32 Å². The molecule has 0 saturated carbocycles. The number of carbonyl (C=O) groups excluding carboxylic acids is 1. The van der Waals surface area contributed by atoms with Crippen molar-refractivity contribution in [3.05, 3.63) is 55.3 Å². The van der Waals surface area contributed by atoms with Crippen LogP contribution in [0, 0.1) is 11.3 Å². The fourth-order valence-electron chi connectivity index (χ4n) is 3.18. The molecular weight excluding hydrogens is 402 g/mol. The van der Waals surface area contributed by atoms with E-state index in [1.165, 1.54) is 28.9 Å². The summed E-state index contributed by atoms with van der Waals surface area (Å²) < 4.78 is 2.40. The molecule has 1 aliphatic heterocycles. The maximum absolute atomic E-state index is 12.4. The fourth-order valence-corrected chi connectivity index (χ4v) is 5.33. The summed E-state index contributed by atoms with van der Waals surface area (Å²) >= 11 is 9.25. The van der Waals surface area contributed by atoms with Crippen molar-refractivity contribution in [2.45, 2.75) is 19.5 Å². The number of nitrogens with one attached hydrogen (secondary N) is 1. The smallest absolute Gasteiger partial charge is 0.259 e. The Hall–Kier alpha value is -2.18. The number of halogens is 1. The number of amides is 1. The summed E-state index contributed by atoms with van der Waals surface area (Å²) in [4.78, 5) is 15.9. The molecule has 0 bridgehead atoms. The van der Waals surface area contributed by atoms with Crippen LogP contribution in [0.15, 0.2) is 23.8 Å². The van der Waals surface area contributed by atoms with Gasteiger partial charge in [0.25, 0.3) is 5.91 Å². The highest BCUT2D eigenvalue weighted by Crippen LogP contribution is 2.37. The number of rotatable bonds is 4. The number of hydrogen-bond donors (Lipinski definition) is 1. The molecule has 6 nitrogen and oxygen atoms in total. The Bertz CT molecular complexity index is 1040. The van der Waals surface area contributed by atoms with E-state index in [-0.39, 0.29) is 5.91 Å². The van der Waals surface area contributed by atoms with Crippen molar-refractivity contribution in [2.75, 3.05) is 11.9 Å². The van der Waals surface area contributed by atoms with E-state index in [2.05, 4.69) is 27.5 Å². The van der Waals surface area contributed by atoms with Gasteiger partial charge in [0.2, 0.25) is 0 Å². The van der Waals surface area contributed by atoms with E-state index < -0.39 is 0 Å². The van der Waals surface area contributed by atoms with Crippen LogP contribution in [0.2, 0.25) is 4.34 Å². The molecule has 0 unspecified atom stereocenters. The summed E-state index contributed by atoms with van der Waals surface area (Å²) in [6.07, 6.45) is 3.96. The monoisotopic (exact) mass is 417 g/mol. The minimum Gasteiger partial charge on any atom is -0.312 e. The number of nitriles is 1. The molecule has 3 aromatic heterocycles. The van der Waals surface area contributed by atoms with Gasteiger partial charge in [0, 0.05) is 37.8 Å². The van der Waals surface area contributed by atoms with Gasteiger partial charge in [-0.25, -0.2) is 0 Å². The number of thiophene rings is 2. The normalized spacial score (nSPS) is 14.0. The van der Waals surface area contributed by atoms with E-state index in [1.807, 2.05) is 5.38 Å². The summed E-state index contributed by atoms with van der Waals surface area (Å²) in [5.41, 5.74) is 3.24. The van der Waals surface area contributed by atoms with Crippen molar-refractivity contribution >= 4 is 45.2 Å². The van der Waals surface area contributed by atoms with Gasteiger partial charge in [-0.1, -0.05) is 11.6 Å². The summed E-state index contributed by atoms with van der Waals surface area (Å²) in [5.74, 6) is -0.250. The first-order chi connectivity index (χ1) is 13.0. The second-order valence-electron chi connectivity index (χ2n) is 6.36. The molecule has 9 heteroatoms. The van der Waals surface area contributed by atoms with Crippen LogP contribution in [0.3, 0.4) is 0 Å². The lowest BCUT2D eigenvalue weighted by Crippen LogP contribution is -2.29. The molecule has 0 aromatic carbocycles. The molecule has 0 radical (unpaired) electrons. The molecule has 0 spiro atoms. The third-order valence-corrected chi connectivity index (χ3v) is 6.91. The summed E-state index contributed by atoms with van der Waals surface area (Å²) in [6, 6.07) is 4.32. The largest absolute Gasteiger partial charge is 0.312 e. The molecule has 4 rings (SSSR count). The number of anilines is 1. The van der Waals surface area contributed by atoms with Gasteiger partial charge in [-0.3, -0.25) is 14.4 Å². The van der Waals surface area contributed by atoms with Crippen LogP contribution >= 0.6 is 34.3 Å². The quantitative estimate of drug-likeness (QED) is 0.699. The van der Waals surface area contributed by atoms with Gasteiger partial charge < -0.3 is 5.32 Å². The first-order valence-corrected chi connectivity index (χ1v) is 10.4. The SMILES string of the molecule is Cn1cc(C(=O)Nc2sc3c(c2C#N)CCN(Cc2ccsc2Cl)C3)cn1. The summed E-state index contributed by atoms with van der Waals surface area (Å²) in [7, 11) is 1.76. The average molecular weight is 418 g/mol. The Labute approximate surface area is 169 Å². The van der Waals surface area contributed by atoms with Crippen LogP contribution in [-0.4, -0.2) is 27.1 Å². The number of hydrogen-bond acceptors (Lipinski definition) is 6. The van der Waals surface area contributed by atoms with E-state index in [4.69, 9.17) is 11.6 Å². The standard InChI is InChI=1S/C18H16ClN5OS2/c1-23-8-12(7-21-23)17(25)22-18-14(6-20)13-2-4-24(10-15(13)27-18)9-11-3-5-26-16(11)19/h3,5,7-8H,2,4,9-10H2,1H3,(H,22,25). The zero-order valence-electron chi connectivity index (χ0n) is 14.5.